The molecule has 1 saturated carbocycles. The van der Waals surface area contributed by atoms with Crippen molar-refractivity contribution in [2.45, 2.75) is 26.2 Å². The molecule has 3 amide bonds. The Labute approximate surface area is 201 Å². The first-order valence-electron chi connectivity index (χ1n) is 10.6. The molecule has 1 N–H and O–H groups in total. The van der Waals surface area contributed by atoms with Crippen LogP contribution in [0, 0.1) is 17.8 Å². The van der Waals surface area contributed by atoms with Gasteiger partial charge in [0.1, 0.15) is 0 Å². The molecule has 0 radical (unpaired) electrons. The number of imide groups is 1. The van der Waals surface area contributed by atoms with Gasteiger partial charge < -0.3 is 10.1 Å². The average Bonchev–Trinajstić information content (AvgIpc) is 3.03. The zero-order chi connectivity index (χ0) is 23.7. The summed E-state index contributed by atoms with van der Waals surface area (Å²) in [6.07, 6.45) is 2.31. The van der Waals surface area contributed by atoms with Crippen molar-refractivity contribution in [2.75, 3.05) is 16.8 Å². The SMILES string of the molecule is C[C@@H]1CC[C@H]2C(=O)N(c3cccc(C(=O)OCC(=O)Nc4ccc(Cl)cc4Cl)c3)C(=O)[C@@H]2C1. The van der Waals surface area contributed by atoms with E-state index in [2.05, 4.69) is 12.2 Å². The number of hydrogen-bond acceptors (Lipinski definition) is 5. The van der Waals surface area contributed by atoms with Crippen LogP contribution in [0.5, 0.6) is 0 Å². The summed E-state index contributed by atoms with van der Waals surface area (Å²) in [5.41, 5.74) is 0.804. The van der Waals surface area contributed by atoms with Crippen molar-refractivity contribution in [3.05, 3.63) is 58.1 Å². The van der Waals surface area contributed by atoms with Gasteiger partial charge in [-0.15, -0.1) is 0 Å². The van der Waals surface area contributed by atoms with Crippen LogP contribution in [0.3, 0.4) is 0 Å². The number of hydrogen-bond donors (Lipinski definition) is 1. The van der Waals surface area contributed by atoms with Crippen LogP contribution in [0.1, 0.15) is 36.5 Å². The maximum Gasteiger partial charge on any atom is 0.338 e. The maximum absolute atomic E-state index is 12.9. The van der Waals surface area contributed by atoms with Crippen LogP contribution in [-0.4, -0.2) is 30.3 Å². The fraction of sp³-hybridized carbons (Fsp3) is 0.333. The fourth-order valence-corrected chi connectivity index (χ4v) is 4.86. The Kier molecular flexibility index (Phi) is 6.72. The van der Waals surface area contributed by atoms with Crippen molar-refractivity contribution in [3.63, 3.8) is 0 Å². The predicted octanol–water partition coefficient (Wildman–Crippen LogP) is 4.71. The Morgan fingerprint density at radius 3 is 2.58 bits per heavy atom. The van der Waals surface area contributed by atoms with Gasteiger partial charge in [0.25, 0.3) is 5.91 Å². The van der Waals surface area contributed by atoms with Crippen LogP contribution in [-0.2, 0) is 19.1 Å². The molecule has 4 rings (SSSR count). The molecule has 1 aliphatic heterocycles. The molecule has 3 atom stereocenters. The topological polar surface area (TPSA) is 92.8 Å². The molecule has 0 aromatic heterocycles. The lowest BCUT2D eigenvalue weighted by molar-refractivity contribution is -0.122. The summed E-state index contributed by atoms with van der Waals surface area (Å²) >= 11 is 11.9. The quantitative estimate of drug-likeness (QED) is 0.485. The molecule has 0 bridgehead atoms. The Morgan fingerprint density at radius 2 is 1.82 bits per heavy atom. The molecular weight excluding hydrogens is 467 g/mol. The summed E-state index contributed by atoms with van der Waals surface area (Å²) < 4.78 is 5.10. The van der Waals surface area contributed by atoms with Gasteiger partial charge in [0.2, 0.25) is 11.8 Å². The second-order valence-electron chi connectivity index (χ2n) is 8.44. The Bertz CT molecular complexity index is 1140. The third-order valence-corrected chi connectivity index (χ3v) is 6.62. The van der Waals surface area contributed by atoms with E-state index < -0.39 is 18.5 Å². The molecule has 0 unspecified atom stereocenters. The third kappa shape index (κ3) is 4.89. The minimum absolute atomic E-state index is 0.133. The summed E-state index contributed by atoms with van der Waals surface area (Å²) in [5, 5.41) is 3.22. The largest absolute Gasteiger partial charge is 0.452 e. The normalized spacial score (nSPS) is 22.2. The van der Waals surface area contributed by atoms with E-state index in [0.29, 0.717) is 35.2 Å². The number of benzene rings is 2. The van der Waals surface area contributed by atoms with E-state index in [1.54, 1.807) is 18.2 Å². The summed E-state index contributed by atoms with van der Waals surface area (Å²) in [6, 6.07) is 10.7. The van der Waals surface area contributed by atoms with E-state index in [0.717, 1.165) is 6.42 Å². The van der Waals surface area contributed by atoms with Crippen LogP contribution in [0.15, 0.2) is 42.5 Å². The van der Waals surface area contributed by atoms with Gasteiger partial charge in [-0.1, -0.05) is 36.2 Å². The summed E-state index contributed by atoms with van der Waals surface area (Å²) in [4.78, 5) is 51.6. The van der Waals surface area contributed by atoms with E-state index in [9.17, 15) is 19.2 Å². The van der Waals surface area contributed by atoms with Gasteiger partial charge in [-0.2, -0.15) is 0 Å². The molecule has 2 aromatic carbocycles. The molecule has 2 aliphatic rings. The van der Waals surface area contributed by atoms with E-state index in [1.807, 2.05) is 0 Å². The van der Waals surface area contributed by atoms with E-state index in [-0.39, 0.29) is 34.2 Å². The summed E-state index contributed by atoms with van der Waals surface area (Å²) in [7, 11) is 0. The van der Waals surface area contributed by atoms with Crippen molar-refractivity contribution >= 4 is 58.3 Å². The number of rotatable bonds is 5. The van der Waals surface area contributed by atoms with Gasteiger partial charge >= 0.3 is 5.97 Å². The lowest BCUT2D eigenvalue weighted by atomic mass is 9.76. The molecule has 1 aliphatic carbocycles. The number of nitrogens with zero attached hydrogens (tertiary/aromatic N) is 1. The Balaban J connectivity index is 1.41. The monoisotopic (exact) mass is 488 g/mol. The number of esters is 1. The van der Waals surface area contributed by atoms with Crippen LogP contribution in [0.4, 0.5) is 11.4 Å². The first kappa shape index (κ1) is 23.3. The molecule has 9 heteroatoms. The number of anilines is 2. The highest BCUT2D eigenvalue weighted by Crippen LogP contribution is 2.42. The highest BCUT2D eigenvalue weighted by Gasteiger charge is 2.50. The molecule has 2 fully saturated rings. The molecule has 0 spiro atoms. The second kappa shape index (κ2) is 9.53. The van der Waals surface area contributed by atoms with Gasteiger partial charge in [-0.25, -0.2) is 4.79 Å². The molecule has 172 valence electrons. The first-order chi connectivity index (χ1) is 15.7. The number of carbonyl (C=O) groups is 4. The second-order valence-corrected chi connectivity index (χ2v) is 9.29. The molecule has 1 saturated heterocycles. The predicted molar refractivity (Wildman–Crippen MR) is 124 cm³/mol. The van der Waals surface area contributed by atoms with Crippen molar-refractivity contribution < 1.29 is 23.9 Å². The van der Waals surface area contributed by atoms with Crippen LogP contribution >= 0.6 is 23.2 Å². The number of halogens is 2. The minimum Gasteiger partial charge on any atom is -0.452 e. The molecular formula is C24H22Cl2N2O5. The fourth-order valence-electron chi connectivity index (χ4n) is 4.41. The van der Waals surface area contributed by atoms with Crippen molar-refractivity contribution in [2.24, 2.45) is 17.8 Å². The van der Waals surface area contributed by atoms with E-state index in [1.165, 1.54) is 29.2 Å². The highest BCUT2D eigenvalue weighted by atomic mass is 35.5. The Morgan fingerprint density at radius 1 is 1.06 bits per heavy atom. The van der Waals surface area contributed by atoms with Crippen molar-refractivity contribution in [1.82, 2.24) is 0 Å². The van der Waals surface area contributed by atoms with E-state index in [4.69, 9.17) is 27.9 Å². The molecule has 1 heterocycles. The summed E-state index contributed by atoms with van der Waals surface area (Å²) in [6.45, 7) is 1.55. The van der Waals surface area contributed by atoms with Crippen LogP contribution in [0.2, 0.25) is 10.0 Å². The van der Waals surface area contributed by atoms with Gasteiger partial charge in [-0.05, 0) is 61.6 Å². The number of carbonyl (C=O) groups excluding carboxylic acids is 4. The average molecular weight is 489 g/mol. The van der Waals surface area contributed by atoms with Gasteiger partial charge in [0.15, 0.2) is 6.61 Å². The van der Waals surface area contributed by atoms with Crippen LogP contribution in [0.25, 0.3) is 0 Å². The standard InChI is InChI=1S/C24H22Cl2N2O5/c1-13-5-7-17-18(9-13)23(31)28(22(17)30)16-4-2-3-14(10-16)24(32)33-12-21(29)27-20-8-6-15(25)11-19(20)26/h2-4,6,8,10-11,13,17-18H,5,7,9,12H2,1H3,(H,27,29)/t13-,17-,18-/m1/s1. The third-order valence-electron chi connectivity index (χ3n) is 6.07. The van der Waals surface area contributed by atoms with Gasteiger partial charge in [0.05, 0.1) is 33.8 Å². The molecule has 2 aromatic rings. The lowest BCUT2D eigenvalue weighted by Crippen LogP contribution is -2.31. The zero-order valence-corrected chi connectivity index (χ0v) is 19.4. The summed E-state index contributed by atoms with van der Waals surface area (Å²) in [5.74, 6) is -1.97. The lowest BCUT2D eigenvalue weighted by Gasteiger charge is -2.25. The number of ether oxygens (including phenoxy) is 1. The van der Waals surface area contributed by atoms with Gasteiger partial charge in [0, 0.05) is 5.02 Å². The smallest absolute Gasteiger partial charge is 0.338 e. The van der Waals surface area contributed by atoms with Crippen molar-refractivity contribution in [3.8, 4) is 0 Å². The number of fused-ring (bicyclic) bond motifs is 1. The molecule has 33 heavy (non-hydrogen) atoms. The van der Waals surface area contributed by atoms with Crippen LogP contribution < -0.4 is 10.2 Å². The van der Waals surface area contributed by atoms with Gasteiger partial charge in [-0.3, -0.25) is 19.3 Å². The molecule has 7 nitrogen and oxygen atoms in total. The first-order valence-corrected chi connectivity index (χ1v) is 11.4. The Hall–Kier alpha value is -2.90. The van der Waals surface area contributed by atoms with E-state index >= 15 is 0 Å². The zero-order valence-electron chi connectivity index (χ0n) is 17.8. The highest BCUT2D eigenvalue weighted by molar-refractivity contribution is 6.36. The maximum atomic E-state index is 12.9. The minimum atomic E-state index is -0.751. The number of nitrogens with one attached hydrogen (secondary N) is 1. The van der Waals surface area contributed by atoms with Crippen molar-refractivity contribution in [1.29, 1.82) is 0 Å². The number of amides is 3.